The highest BCUT2D eigenvalue weighted by molar-refractivity contribution is 8.15. The van der Waals surface area contributed by atoms with Crippen molar-refractivity contribution in [2.75, 3.05) is 24.9 Å². The number of hydrogen-bond donors (Lipinski definition) is 1. The Morgan fingerprint density at radius 1 is 1.20 bits per heavy atom. The molecule has 0 aliphatic rings. The van der Waals surface area contributed by atoms with E-state index in [9.17, 15) is 0 Å². The summed E-state index contributed by atoms with van der Waals surface area (Å²) in [5, 5.41) is 0. The van der Waals surface area contributed by atoms with Crippen molar-refractivity contribution in [2.24, 2.45) is 5.41 Å². The summed E-state index contributed by atoms with van der Waals surface area (Å²) in [4.78, 5) is 2.68. The molecule has 1 unspecified atom stereocenters. The summed E-state index contributed by atoms with van der Waals surface area (Å²) in [7, 11) is 0.201. The van der Waals surface area contributed by atoms with Crippen LogP contribution in [0, 0.1) is 5.41 Å². The first-order valence-corrected chi connectivity index (χ1v) is 8.57. The predicted molar refractivity (Wildman–Crippen MR) is 76.2 cm³/mol. The van der Waals surface area contributed by atoms with Crippen molar-refractivity contribution in [1.29, 1.82) is 0 Å². The molecule has 0 radical (unpaired) electrons. The first-order valence-electron chi connectivity index (χ1n) is 6.15. The van der Waals surface area contributed by atoms with Crippen molar-refractivity contribution >= 4 is 10.9 Å². The first kappa shape index (κ1) is 15.3. The Bertz CT molecular complexity index is 160. The summed E-state index contributed by atoms with van der Waals surface area (Å²) in [6.45, 7) is 13.0. The SMILES string of the molecule is CCCN(C[SH](C)C)C(C)CC(C)(C)C. The predicted octanol–water partition coefficient (Wildman–Crippen LogP) is 3.74. The van der Waals surface area contributed by atoms with E-state index in [-0.39, 0.29) is 10.9 Å². The second kappa shape index (κ2) is 6.80. The summed E-state index contributed by atoms with van der Waals surface area (Å²) >= 11 is 0. The van der Waals surface area contributed by atoms with E-state index in [0.717, 1.165) is 6.04 Å². The maximum Gasteiger partial charge on any atom is 0.0264 e. The minimum Gasteiger partial charge on any atom is -0.293 e. The van der Waals surface area contributed by atoms with Gasteiger partial charge in [0, 0.05) is 11.9 Å². The van der Waals surface area contributed by atoms with Gasteiger partial charge in [-0.3, -0.25) is 4.90 Å². The zero-order chi connectivity index (χ0) is 12.1. The molecule has 0 spiro atoms. The van der Waals surface area contributed by atoms with Gasteiger partial charge in [0.15, 0.2) is 0 Å². The molecule has 0 saturated carbocycles. The van der Waals surface area contributed by atoms with E-state index in [1.54, 1.807) is 0 Å². The lowest BCUT2D eigenvalue weighted by Crippen LogP contribution is -2.37. The van der Waals surface area contributed by atoms with Crippen LogP contribution in [-0.4, -0.2) is 35.9 Å². The van der Waals surface area contributed by atoms with Gasteiger partial charge in [-0.2, -0.15) is 0 Å². The number of rotatable bonds is 6. The largest absolute Gasteiger partial charge is 0.293 e. The highest BCUT2D eigenvalue weighted by atomic mass is 32.2. The highest BCUT2D eigenvalue weighted by Gasteiger charge is 2.20. The Kier molecular flexibility index (Phi) is 6.94. The van der Waals surface area contributed by atoms with Gasteiger partial charge >= 0.3 is 0 Å². The third-order valence-corrected chi connectivity index (χ3v) is 3.44. The number of nitrogens with zero attached hydrogens (tertiary/aromatic N) is 1. The topological polar surface area (TPSA) is 3.24 Å². The van der Waals surface area contributed by atoms with Gasteiger partial charge in [0.1, 0.15) is 0 Å². The Balaban J connectivity index is 4.21. The molecule has 0 aliphatic carbocycles. The summed E-state index contributed by atoms with van der Waals surface area (Å²) in [5.74, 6) is 1.31. The van der Waals surface area contributed by atoms with Crippen LogP contribution in [0.5, 0.6) is 0 Å². The van der Waals surface area contributed by atoms with E-state index in [1.165, 1.54) is 25.3 Å². The molecule has 0 N–H and O–H groups in total. The van der Waals surface area contributed by atoms with E-state index < -0.39 is 0 Å². The van der Waals surface area contributed by atoms with Crippen molar-refractivity contribution in [1.82, 2.24) is 4.90 Å². The molecule has 1 nitrogen and oxygen atoms in total. The lowest BCUT2D eigenvalue weighted by atomic mass is 9.88. The van der Waals surface area contributed by atoms with Crippen molar-refractivity contribution in [3.05, 3.63) is 0 Å². The average Bonchev–Trinajstić information content (AvgIpc) is 1.99. The minimum absolute atomic E-state index is 0.201. The van der Waals surface area contributed by atoms with Crippen LogP contribution in [0.4, 0.5) is 0 Å². The molecule has 0 rings (SSSR count). The van der Waals surface area contributed by atoms with E-state index in [4.69, 9.17) is 0 Å². The Morgan fingerprint density at radius 2 is 1.73 bits per heavy atom. The van der Waals surface area contributed by atoms with E-state index in [0.29, 0.717) is 5.41 Å². The normalized spacial score (nSPS) is 15.6. The molecule has 0 fully saturated rings. The fourth-order valence-electron chi connectivity index (χ4n) is 2.10. The molecule has 1 atom stereocenters. The van der Waals surface area contributed by atoms with Crippen LogP contribution in [0.25, 0.3) is 0 Å². The van der Waals surface area contributed by atoms with Crippen LogP contribution in [0.15, 0.2) is 0 Å². The van der Waals surface area contributed by atoms with Gasteiger partial charge in [0.2, 0.25) is 0 Å². The lowest BCUT2D eigenvalue weighted by Gasteiger charge is -2.35. The second-order valence-electron chi connectivity index (χ2n) is 6.15. The van der Waals surface area contributed by atoms with Gasteiger partial charge in [0.05, 0.1) is 0 Å². The maximum atomic E-state index is 2.68. The van der Waals surface area contributed by atoms with Crippen LogP contribution in [-0.2, 0) is 0 Å². The molecule has 0 aromatic rings. The second-order valence-corrected chi connectivity index (χ2v) is 8.59. The molecule has 0 heterocycles. The summed E-state index contributed by atoms with van der Waals surface area (Å²) in [5.41, 5.74) is 0.454. The Hall–Kier alpha value is 0.310. The van der Waals surface area contributed by atoms with Crippen LogP contribution in [0.2, 0.25) is 0 Å². The van der Waals surface area contributed by atoms with E-state index >= 15 is 0 Å². The monoisotopic (exact) mass is 233 g/mol. The molecule has 0 bridgehead atoms. The smallest absolute Gasteiger partial charge is 0.0264 e. The lowest BCUT2D eigenvalue weighted by molar-refractivity contribution is 0.185. The van der Waals surface area contributed by atoms with Crippen LogP contribution >= 0.6 is 10.9 Å². The van der Waals surface area contributed by atoms with Gasteiger partial charge in [-0.15, -0.1) is 0 Å². The summed E-state index contributed by atoms with van der Waals surface area (Å²) < 4.78 is 0. The van der Waals surface area contributed by atoms with Gasteiger partial charge < -0.3 is 0 Å². The molecule has 15 heavy (non-hydrogen) atoms. The van der Waals surface area contributed by atoms with Crippen molar-refractivity contribution in [3.63, 3.8) is 0 Å². The van der Waals surface area contributed by atoms with Crippen molar-refractivity contribution in [2.45, 2.75) is 53.5 Å². The van der Waals surface area contributed by atoms with Crippen LogP contribution in [0.1, 0.15) is 47.5 Å². The maximum absolute atomic E-state index is 2.68. The molecule has 0 saturated heterocycles. The van der Waals surface area contributed by atoms with Gasteiger partial charge in [-0.25, -0.2) is 10.9 Å². The Labute approximate surface area is 100.0 Å². The molecule has 2 heteroatoms. The minimum atomic E-state index is 0.201. The third-order valence-electron chi connectivity index (χ3n) is 2.51. The van der Waals surface area contributed by atoms with Crippen molar-refractivity contribution < 1.29 is 0 Å². The van der Waals surface area contributed by atoms with Crippen LogP contribution in [0.3, 0.4) is 0 Å². The van der Waals surface area contributed by atoms with Crippen LogP contribution < -0.4 is 0 Å². The molecule has 94 valence electrons. The average molecular weight is 233 g/mol. The molecule has 0 aliphatic heterocycles. The van der Waals surface area contributed by atoms with Gasteiger partial charge in [-0.1, -0.05) is 27.7 Å². The first-order chi connectivity index (χ1) is 6.76. The summed E-state index contributed by atoms with van der Waals surface area (Å²) in [6.07, 6.45) is 7.33. The third kappa shape index (κ3) is 8.15. The molecular formula is C13H31NS. The van der Waals surface area contributed by atoms with Crippen molar-refractivity contribution in [3.8, 4) is 0 Å². The summed E-state index contributed by atoms with van der Waals surface area (Å²) in [6, 6.07) is 0.731. The standard InChI is InChI=1S/C13H31NS/c1-8-9-14(11-15(6)7)12(2)10-13(3,4)5/h12,15H,8-11H2,1-7H3. The highest BCUT2D eigenvalue weighted by Crippen LogP contribution is 2.26. The molecule has 0 aromatic heterocycles. The zero-order valence-corrected chi connectivity index (χ0v) is 12.7. The molecular weight excluding hydrogens is 202 g/mol. The van der Waals surface area contributed by atoms with Gasteiger partial charge in [-0.05, 0) is 44.2 Å². The molecule has 0 amide bonds. The Morgan fingerprint density at radius 3 is 2.07 bits per heavy atom. The fourth-order valence-corrected chi connectivity index (χ4v) is 3.24. The fraction of sp³-hybridized carbons (Fsp3) is 1.00. The van der Waals surface area contributed by atoms with E-state index in [1.807, 2.05) is 0 Å². The zero-order valence-electron chi connectivity index (χ0n) is 11.8. The number of hydrogen-bond acceptors (Lipinski definition) is 1. The van der Waals surface area contributed by atoms with Gasteiger partial charge in [0.25, 0.3) is 0 Å². The van der Waals surface area contributed by atoms with E-state index in [2.05, 4.69) is 52.0 Å². The number of thiol groups is 1. The quantitative estimate of drug-likeness (QED) is 0.684. The molecule has 0 aromatic carbocycles.